The standard InChI is InChI=1S/C34H39N3O6/c1-20-28(31(38)39)21(2)30(22(3)29(20)35-32(40)43-34(4,5)6)36-15-17-37(18-16-36)33(41)42-19-27-25-13-9-7-11-23(25)24-12-8-10-14-26(24)27/h7-14,27H,15-19H2,1-6H3,(H,35,40)(H,38,39). The predicted octanol–water partition coefficient (Wildman–Crippen LogP) is 6.73. The summed E-state index contributed by atoms with van der Waals surface area (Å²) in [6.45, 7) is 12.7. The van der Waals surface area contributed by atoms with E-state index in [-0.39, 0.29) is 24.2 Å². The van der Waals surface area contributed by atoms with E-state index in [4.69, 9.17) is 9.47 Å². The third-order valence-corrected chi connectivity index (χ3v) is 8.24. The van der Waals surface area contributed by atoms with Crippen molar-refractivity contribution in [3.05, 3.63) is 81.9 Å². The number of carbonyl (C=O) groups excluding carboxylic acids is 2. The number of hydrogen-bond donors (Lipinski definition) is 2. The van der Waals surface area contributed by atoms with Crippen LogP contribution in [0.15, 0.2) is 48.5 Å². The van der Waals surface area contributed by atoms with Gasteiger partial charge in [-0.05, 0) is 80.5 Å². The van der Waals surface area contributed by atoms with Crippen LogP contribution in [0, 0.1) is 20.8 Å². The maximum Gasteiger partial charge on any atom is 0.412 e. The van der Waals surface area contributed by atoms with Crippen LogP contribution in [-0.4, -0.2) is 66.5 Å². The van der Waals surface area contributed by atoms with E-state index >= 15 is 0 Å². The number of fused-ring (bicyclic) bond motifs is 3. The maximum atomic E-state index is 13.2. The van der Waals surface area contributed by atoms with Crippen LogP contribution in [0.4, 0.5) is 21.0 Å². The Labute approximate surface area is 252 Å². The Bertz CT molecular complexity index is 1540. The Morgan fingerprint density at radius 2 is 1.42 bits per heavy atom. The molecular weight excluding hydrogens is 546 g/mol. The second-order valence-electron chi connectivity index (χ2n) is 12.2. The topological polar surface area (TPSA) is 108 Å². The van der Waals surface area contributed by atoms with Gasteiger partial charge in [0.05, 0.1) is 11.3 Å². The van der Waals surface area contributed by atoms with Crippen molar-refractivity contribution < 1.29 is 29.0 Å². The number of aromatic carboxylic acids is 1. The van der Waals surface area contributed by atoms with Gasteiger partial charge in [-0.3, -0.25) is 5.32 Å². The molecule has 1 heterocycles. The van der Waals surface area contributed by atoms with Crippen LogP contribution in [0.5, 0.6) is 0 Å². The summed E-state index contributed by atoms with van der Waals surface area (Å²) in [4.78, 5) is 41.9. The zero-order chi connectivity index (χ0) is 31.1. The number of hydrogen-bond acceptors (Lipinski definition) is 6. The number of carbonyl (C=O) groups is 3. The lowest BCUT2D eigenvalue weighted by atomic mass is 9.93. The Hall–Kier alpha value is -4.53. The van der Waals surface area contributed by atoms with Gasteiger partial charge in [0, 0.05) is 37.8 Å². The minimum atomic E-state index is -1.07. The highest BCUT2D eigenvalue weighted by Crippen LogP contribution is 2.44. The molecule has 0 unspecified atom stereocenters. The number of benzene rings is 3. The monoisotopic (exact) mass is 585 g/mol. The summed E-state index contributed by atoms with van der Waals surface area (Å²) >= 11 is 0. The fraction of sp³-hybridized carbons (Fsp3) is 0.382. The maximum absolute atomic E-state index is 13.2. The number of carboxylic acid groups (broad SMARTS) is 1. The molecule has 3 aromatic carbocycles. The van der Waals surface area contributed by atoms with Crippen molar-refractivity contribution in [2.75, 3.05) is 43.0 Å². The molecule has 9 heteroatoms. The molecule has 3 aromatic rings. The van der Waals surface area contributed by atoms with E-state index in [1.807, 2.05) is 31.2 Å². The molecule has 1 fully saturated rings. The van der Waals surface area contributed by atoms with E-state index in [0.29, 0.717) is 43.0 Å². The van der Waals surface area contributed by atoms with Gasteiger partial charge in [-0.1, -0.05) is 48.5 Å². The van der Waals surface area contributed by atoms with Gasteiger partial charge in [0.2, 0.25) is 0 Å². The van der Waals surface area contributed by atoms with Crippen LogP contribution in [0.3, 0.4) is 0 Å². The van der Waals surface area contributed by atoms with Crippen molar-refractivity contribution >= 4 is 29.5 Å². The molecule has 0 spiro atoms. The fourth-order valence-electron chi connectivity index (χ4n) is 6.39. The van der Waals surface area contributed by atoms with Crippen molar-refractivity contribution in [1.29, 1.82) is 0 Å². The van der Waals surface area contributed by atoms with E-state index in [9.17, 15) is 19.5 Å². The zero-order valence-corrected chi connectivity index (χ0v) is 25.6. The average Bonchev–Trinajstić information content (AvgIpc) is 3.27. The van der Waals surface area contributed by atoms with Gasteiger partial charge < -0.3 is 24.4 Å². The molecule has 0 bridgehead atoms. The Morgan fingerprint density at radius 3 is 1.95 bits per heavy atom. The third kappa shape index (κ3) is 5.89. The van der Waals surface area contributed by atoms with Crippen molar-refractivity contribution in [2.24, 2.45) is 0 Å². The molecular formula is C34H39N3O6. The first-order chi connectivity index (χ1) is 20.4. The van der Waals surface area contributed by atoms with Crippen molar-refractivity contribution in [1.82, 2.24) is 4.90 Å². The summed E-state index contributed by atoms with van der Waals surface area (Å²) in [5.41, 5.74) is 7.12. The van der Waals surface area contributed by atoms with Gasteiger partial charge in [-0.2, -0.15) is 0 Å². The molecule has 5 rings (SSSR count). The van der Waals surface area contributed by atoms with Crippen molar-refractivity contribution in [3.63, 3.8) is 0 Å². The number of amides is 2. The van der Waals surface area contributed by atoms with Gasteiger partial charge in [0.1, 0.15) is 12.2 Å². The van der Waals surface area contributed by atoms with E-state index in [1.54, 1.807) is 39.5 Å². The molecule has 43 heavy (non-hydrogen) atoms. The number of ether oxygens (including phenoxy) is 2. The first-order valence-corrected chi connectivity index (χ1v) is 14.6. The molecule has 1 aliphatic carbocycles. The first-order valence-electron chi connectivity index (χ1n) is 14.6. The highest BCUT2D eigenvalue weighted by molar-refractivity contribution is 5.99. The van der Waals surface area contributed by atoms with Crippen LogP contribution in [0.2, 0.25) is 0 Å². The Kier molecular flexibility index (Phi) is 8.10. The molecule has 2 amide bonds. The predicted molar refractivity (Wildman–Crippen MR) is 166 cm³/mol. The lowest BCUT2D eigenvalue weighted by Crippen LogP contribution is -2.49. The second kappa shape index (κ2) is 11.6. The number of rotatable bonds is 5. The van der Waals surface area contributed by atoms with E-state index in [2.05, 4.69) is 34.5 Å². The van der Waals surface area contributed by atoms with E-state index < -0.39 is 17.7 Å². The Balaban J connectivity index is 1.30. The summed E-state index contributed by atoms with van der Waals surface area (Å²) in [6.07, 6.45) is -1.01. The fourth-order valence-corrected chi connectivity index (χ4v) is 6.39. The normalized spacial score (nSPS) is 14.7. The van der Waals surface area contributed by atoms with Gasteiger partial charge >= 0.3 is 18.2 Å². The minimum absolute atomic E-state index is 0.0131. The van der Waals surface area contributed by atoms with Crippen LogP contribution in [-0.2, 0) is 9.47 Å². The summed E-state index contributed by atoms with van der Waals surface area (Å²) in [5.74, 6) is -1.08. The summed E-state index contributed by atoms with van der Waals surface area (Å²) in [7, 11) is 0. The molecule has 226 valence electrons. The summed E-state index contributed by atoms with van der Waals surface area (Å²) < 4.78 is 11.3. The molecule has 0 atom stereocenters. The van der Waals surface area contributed by atoms with Gasteiger partial charge in [0.25, 0.3) is 0 Å². The van der Waals surface area contributed by atoms with Crippen LogP contribution >= 0.6 is 0 Å². The van der Waals surface area contributed by atoms with E-state index in [0.717, 1.165) is 22.4 Å². The Morgan fingerprint density at radius 1 is 0.860 bits per heavy atom. The molecule has 9 nitrogen and oxygen atoms in total. The quantitative estimate of drug-likeness (QED) is 0.342. The van der Waals surface area contributed by atoms with Crippen LogP contribution < -0.4 is 10.2 Å². The molecule has 1 saturated heterocycles. The molecule has 0 aromatic heterocycles. The molecule has 1 aliphatic heterocycles. The van der Waals surface area contributed by atoms with Crippen LogP contribution in [0.25, 0.3) is 11.1 Å². The number of carboxylic acids is 1. The zero-order valence-electron chi connectivity index (χ0n) is 25.6. The minimum Gasteiger partial charge on any atom is -0.478 e. The lowest BCUT2D eigenvalue weighted by Gasteiger charge is -2.38. The largest absolute Gasteiger partial charge is 0.478 e. The summed E-state index contributed by atoms with van der Waals surface area (Å²) in [6, 6.07) is 16.5. The highest BCUT2D eigenvalue weighted by Gasteiger charge is 2.32. The number of nitrogens with zero attached hydrogens (tertiary/aromatic N) is 2. The van der Waals surface area contributed by atoms with Gasteiger partial charge in [0.15, 0.2) is 0 Å². The van der Waals surface area contributed by atoms with E-state index in [1.165, 1.54) is 11.1 Å². The van der Waals surface area contributed by atoms with Gasteiger partial charge in [-0.25, -0.2) is 14.4 Å². The molecule has 2 N–H and O–H groups in total. The SMILES string of the molecule is Cc1c(NC(=O)OC(C)(C)C)c(C)c(N2CCN(C(=O)OCC3c4ccccc4-c4ccccc43)CC2)c(C)c1C(=O)O. The van der Waals surface area contributed by atoms with Crippen molar-refractivity contribution in [2.45, 2.75) is 53.1 Å². The van der Waals surface area contributed by atoms with Crippen molar-refractivity contribution in [3.8, 4) is 11.1 Å². The lowest BCUT2D eigenvalue weighted by molar-refractivity contribution is 0.0632. The summed E-state index contributed by atoms with van der Waals surface area (Å²) in [5, 5.41) is 12.8. The molecule has 2 aliphatic rings. The number of anilines is 2. The highest BCUT2D eigenvalue weighted by atomic mass is 16.6. The molecule has 0 radical (unpaired) electrons. The molecule has 0 saturated carbocycles. The van der Waals surface area contributed by atoms with Crippen LogP contribution in [0.1, 0.15) is 64.9 Å². The first kappa shape index (κ1) is 29.9. The number of piperazine rings is 1. The smallest absolute Gasteiger partial charge is 0.412 e. The third-order valence-electron chi connectivity index (χ3n) is 8.24. The average molecular weight is 586 g/mol. The number of nitrogens with one attached hydrogen (secondary N) is 1. The second-order valence-corrected chi connectivity index (χ2v) is 12.2. The van der Waals surface area contributed by atoms with Gasteiger partial charge in [-0.15, -0.1) is 0 Å².